The zero-order valence-electron chi connectivity index (χ0n) is 19.2. The van der Waals surface area contributed by atoms with Crippen molar-refractivity contribution < 1.29 is 4.74 Å². The van der Waals surface area contributed by atoms with Crippen LogP contribution in [-0.4, -0.2) is 56.8 Å². The molecule has 3 heterocycles. The molecule has 2 N–H and O–H groups in total. The molecule has 7 heteroatoms. The van der Waals surface area contributed by atoms with Crippen LogP contribution in [0, 0.1) is 17.3 Å². The number of piperidine rings is 1. The molecule has 30 heavy (non-hydrogen) atoms. The number of likely N-dealkylation sites (tertiary alicyclic amines) is 1. The van der Waals surface area contributed by atoms with Gasteiger partial charge in [-0.1, -0.05) is 26.8 Å². The largest absolute Gasteiger partial charge is 0.377 e. The van der Waals surface area contributed by atoms with Crippen LogP contribution >= 0.6 is 35.3 Å². The highest BCUT2D eigenvalue weighted by atomic mass is 127. The molecule has 2 atom stereocenters. The Labute approximate surface area is 204 Å². The van der Waals surface area contributed by atoms with E-state index in [4.69, 9.17) is 4.74 Å². The van der Waals surface area contributed by atoms with Crippen LogP contribution in [0.25, 0.3) is 0 Å². The minimum Gasteiger partial charge on any atom is -0.377 e. The van der Waals surface area contributed by atoms with Crippen LogP contribution in [0.4, 0.5) is 0 Å². The molecule has 2 unspecified atom stereocenters. The third-order valence-corrected chi connectivity index (χ3v) is 7.14. The molecule has 5 nitrogen and oxygen atoms in total. The lowest BCUT2D eigenvalue weighted by atomic mass is 9.78. The molecule has 2 aliphatic rings. The standard InChI is InChI=1S/C23H40N4OS.HI/c1-23(2,3)21-19(7-5-13-28-21)16-26-22(24-4)25-15-18-9-11-27(12-10-18)17-20-8-6-14-29-20;/h6,8,14,18-19,21H,5,7,9-13,15-17H2,1-4H3,(H2,24,25,26);1H. The van der Waals surface area contributed by atoms with Crippen molar-refractivity contribution in [2.75, 3.05) is 39.8 Å². The Kier molecular flexibility index (Phi) is 10.9. The van der Waals surface area contributed by atoms with Gasteiger partial charge >= 0.3 is 0 Å². The van der Waals surface area contributed by atoms with E-state index in [0.717, 1.165) is 44.5 Å². The molecule has 2 fully saturated rings. The van der Waals surface area contributed by atoms with Crippen molar-refractivity contribution in [1.29, 1.82) is 0 Å². The maximum atomic E-state index is 6.12. The van der Waals surface area contributed by atoms with Gasteiger partial charge in [0.2, 0.25) is 0 Å². The van der Waals surface area contributed by atoms with Crippen LogP contribution < -0.4 is 10.6 Å². The number of rotatable bonds is 6. The minimum atomic E-state index is 0. The number of nitrogens with zero attached hydrogens (tertiary/aromatic N) is 2. The first-order valence-corrected chi connectivity index (χ1v) is 12.1. The highest BCUT2D eigenvalue weighted by Gasteiger charge is 2.35. The zero-order valence-corrected chi connectivity index (χ0v) is 22.3. The number of thiophene rings is 1. The second-order valence-electron chi connectivity index (χ2n) is 9.69. The molecule has 2 saturated heterocycles. The van der Waals surface area contributed by atoms with Crippen molar-refractivity contribution in [3.63, 3.8) is 0 Å². The van der Waals surface area contributed by atoms with Crippen molar-refractivity contribution in [3.8, 4) is 0 Å². The topological polar surface area (TPSA) is 48.9 Å². The van der Waals surface area contributed by atoms with Crippen molar-refractivity contribution in [2.45, 2.75) is 59.1 Å². The fourth-order valence-electron chi connectivity index (χ4n) is 4.67. The fourth-order valence-corrected chi connectivity index (χ4v) is 5.42. The predicted molar refractivity (Wildman–Crippen MR) is 139 cm³/mol. The second-order valence-corrected chi connectivity index (χ2v) is 10.7. The Morgan fingerprint density at radius 3 is 2.57 bits per heavy atom. The summed E-state index contributed by atoms with van der Waals surface area (Å²) in [5.74, 6) is 2.21. The first-order valence-electron chi connectivity index (χ1n) is 11.3. The maximum absolute atomic E-state index is 6.12. The van der Waals surface area contributed by atoms with Gasteiger partial charge in [-0.2, -0.15) is 0 Å². The molecule has 0 aliphatic carbocycles. The summed E-state index contributed by atoms with van der Waals surface area (Å²) in [7, 11) is 1.87. The fraction of sp³-hybridized carbons (Fsp3) is 0.783. The Balaban J connectivity index is 0.00000320. The quantitative estimate of drug-likeness (QED) is 0.311. The molecule has 0 bridgehead atoms. The van der Waals surface area contributed by atoms with Crippen LogP contribution in [0.3, 0.4) is 0 Å². The van der Waals surface area contributed by atoms with Crippen molar-refractivity contribution in [2.24, 2.45) is 22.2 Å². The van der Waals surface area contributed by atoms with Crippen LogP contribution in [0.1, 0.15) is 51.3 Å². The lowest BCUT2D eigenvalue weighted by Crippen LogP contribution is -2.48. The summed E-state index contributed by atoms with van der Waals surface area (Å²) < 4.78 is 6.12. The van der Waals surface area contributed by atoms with E-state index < -0.39 is 0 Å². The van der Waals surface area contributed by atoms with Gasteiger partial charge in [-0.25, -0.2) is 0 Å². The van der Waals surface area contributed by atoms with Crippen LogP contribution in [0.5, 0.6) is 0 Å². The molecule has 0 saturated carbocycles. The Morgan fingerprint density at radius 1 is 1.20 bits per heavy atom. The van der Waals surface area contributed by atoms with E-state index in [1.54, 1.807) is 0 Å². The third-order valence-electron chi connectivity index (χ3n) is 6.28. The van der Waals surface area contributed by atoms with Gasteiger partial charge in [0.05, 0.1) is 6.10 Å². The third kappa shape index (κ3) is 7.95. The van der Waals surface area contributed by atoms with Crippen molar-refractivity contribution in [3.05, 3.63) is 22.4 Å². The average molecular weight is 549 g/mol. The number of aliphatic imine (C=N–C) groups is 1. The molecular weight excluding hydrogens is 507 g/mol. The molecule has 3 rings (SSSR count). The SMILES string of the molecule is CN=C(NCC1CCN(Cc2cccs2)CC1)NCC1CCCOC1C(C)(C)C.I. The average Bonchev–Trinajstić information content (AvgIpc) is 3.22. The second kappa shape index (κ2) is 12.6. The Morgan fingerprint density at radius 2 is 1.93 bits per heavy atom. The van der Waals surface area contributed by atoms with Gasteiger partial charge in [0, 0.05) is 44.1 Å². The number of ether oxygens (including phenoxy) is 1. The van der Waals surface area contributed by atoms with Gasteiger partial charge in [-0.3, -0.25) is 9.89 Å². The summed E-state index contributed by atoms with van der Waals surface area (Å²) in [6.45, 7) is 13.2. The van der Waals surface area contributed by atoms with Gasteiger partial charge in [0.15, 0.2) is 5.96 Å². The van der Waals surface area contributed by atoms with E-state index in [0.29, 0.717) is 12.0 Å². The summed E-state index contributed by atoms with van der Waals surface area (Å²) in [5.41, 5.74) is 0.181. The summed E-state index contributed by atoms with van der Waals surface area (Å²) in [6.07, 6.45) is 5.23. The number of halogens is 1. The van der Waals surface area contributed by atoms with Crippen molar-refractivity contribution in [1.82, 2.24) is 15.5 Å². The predicted octanol–water partition coefficient (Wildman–Crippen LogP) is 4.58. The Bertz CT molecular complexity index is 624. The molecule has 0 radical (unpaired) electrons. The van der Waals surface area contributed by atoms with E-state index in [2.05, 4.69) is 58.8 Å². The molecule has 0 aromatic carbocycles. The number of hydrogen-bond donors (Lipinski definition) is 2. The molecule has 1 aromatic heterocycles. The van der Waals surface area contributed by atoms with E-state index in [1.807, 2.05) is 18.4 Å². The molecule has 2 aliphatic heterocycles. The molecule has 0 amide bonds. The first kappa shape index (κ1) is 25.9. The van der Waals surface area contributed by atoms with Crippen LogP contribution in [0.2, 0.25) is 0 Å². The van der Waals surface area contributed by atoms with E-state index in [9.17, 15) is 0 Å². The van der Waals surface area contributed by atoms with Gasteiger partial charge in [-0.05, 0) is 61.6 Å². The number of guanidine groups is 1. The van der Waals surface area contributed by atoms with Gasteiger partial charge in [0.25, 0.3) is 0 Å². The van der Waals surface area contributed by atoms with Crippen LogP contribution in [0.15, 0.2) is 22.5 Å². The lowest BCUT2D eigenvalue weighted by molar-refractivity contribution is -0.0835. The van der Waals surface area contributed by atoms with Gasteiger partial charge < -0.3 is 15.4 Å². The summed E-state index contributed by atoms with van der Waals surface area (Å²) in [6, 6.07) is 4.40. The van der Waals surface area contributed by atoms with Gasteiger partial charge in [0.1, 0.15) is 0 Å². The van der Waals surface area contributed by atoms with Crippen LogP contribution in [-0.2, 0) is 11.3 Å². The number of nitrogens with one attached hydrogen (secondary N) is 2. The molecule has 1 aromatic rings. The monoisotopic (exact) mass is 548 g/mol. The molecule has 0 spiro atoms. The molecule has 172 valence electrons. The summed E-state index contributed by atoms with van der Waals surface area (Å²) in [5, 5.41) is 9.32. The maximum Gasteiger partial charge on any atom is 0.190 e. The minimum absolute atomic E-state index is 0. The van der Waals surface area contributed by atoms with E-state index in [-0.39, 0.29) is 29.4 Å². The summed E-state index contributed by atoms with van der Waals surface area (Å²) >= 11 is 1.87. The Hall–Kier alpha value is -0.380. The lowest BCUT2D eigenvalue weighted by Gasteiger charge is -2.40. The zero-order chi connectivity index (χ0) is 20.7. The first-order chi connectivity index (χ1) is 14.0. The van der Waals surface area contributed by atoms with Crippen molar-refractivity contribution >= 4 is 41.3 Å². The smallest absolute Gasteiger partial charge is 0.190 e. The number of hydrogen-bond acceptors (Lipinski definition) is 4. The highest BCUT2D eigenvalue weighted by Crippen LogP contribution is 2.33. The van der Waals surface area contributed by atoms with E-state index >= 15 is 0 Å². The summed E-state index contributed by atoms with van der Waals surface area (Å²) in [4.78, 5) is 8.52. The van der Waals surface area contributed by atoms with Gasteiger partial charge in [-0.15, -0.1) is 35.3 Å². The highest BCUT2D eigenvalue weighted by molar-refractivity contribution is 14.0. The normalized spacial score (nSPS) is 24.3. The van der Waals surface area contributed by atoms with E-state index in [1.165, 1.54) is 37.2 Å². The molecular formula is C23H41IN4OS.